The van der Waals surface area contributed by atoms with Gasteiger partial charge in [0.15, 0.2) is 0 Å². The zero-order valence-corrected chi connectivity index (χ0v) is 16.4. The molecule has 28 heavy (non-hydrogen) atoms. The van der Waals surface area contributed by atoms with Crippen LogP contribution in [0.15, 0.2) is 0 Å². The minimum Gasteiger partial charge on any atom is -0.299 e. The fraction of sp³-hybridized carbons (Fsp3) is 0.952. The summed E-state index contributed by atoms with van der Waals surface area (Å²) in [5.74, 6) is -1.21. The zero-order valence-electron chi connectivity index (χ0n) is 16.4. The van der Waals surface area contributed by atoms with Crippen LogP contribution in [0.5, 0.6) is 0 Å². The molecule has 162 valence electrons. The highest BCUT2D eigenvalue weighted by Gasteiger charge is 2.47. The molecule has 0 radical (unpaired) electrons. The van der Waals surface area contributed by atoms with Gasteiger partial charge in [-0.3, -0.25) is 9.53 Å². The van der Waals surface area contributed by atoms with Gasteiger partial charge in [-0.05, 0) is 69.1 Å². The molecular weight excluding hydrogens is 379 g/mol. The van der Waals surface area contributed by atoms with E-state index >= 15 is 0 Å². The van der Waals surface area contributed by atoms with E-state index in [4.69, 9.17) is 0 Å². The van der Waals surface area contributed by atoms with Crippen molar-refractivity contribution in [2.24, 2.45) is 29.6 Å². The number of carbonyl (C=O) groups excluding carboxylic acids is 1. The second-order valence-electron chi connectivity index (χ2n) is 9.25. The number of halogens is 5. The Labute approximate surface area is 163 Å². The summed E-state index contributed by atoms with van der Waals surface area (Å²) < 4.78 is 70.7. The van der Waals surface area contributed by atoms with Gasteiger partial charge >= 0.3 is 6.36 Å². The average molecular weight is 410 g/mol. The van der Waals surface area contributed by atoms with Crippen LogP contribution in [0.3, 0.4) is 0 Å². The van der Waals surface area contributed by atoms with Crippen LogP contribution in [-0.4, -0.2) is 30.6 Å². The van der Waals surface area contributed by atoms with Gasteiger partial charge in [-0.15, -0.1) is 13.2 Å². The molecule has 3 rings (SSSR count). The SMILES string of the molecule is CC1CCC(C2CC(F)C(C(=O)C3CCC(OC(F)(F)F)CC3)C(F)C2)CC1. The van der Waals surface area contributed by atoms with Crippen LogP contribution < -0.4 is 0 Å². The summed E-state index contributed by atoms with van der Waals surface area (Å²) in [6.45, 7) is 2.20. The third-order valence-corrected chi connectivity index (χ3v) is 7.27. The summed E-state index contributed by atoms with van der Waals surface area (Å²) in [6, 6.07) is 0. The van der Waals surface area contributed by atoms with Crippen molar-refractivity contribution in [3.63, 3.8) is 0 Å². The van der Waals surface area contributed by atoms with Crippen LogP contribution in [0.4, 0.5) is 22.0 Å². The number of hydrogen-bond acceptors (Lipinski definition) is 2. The van der Waals surface area contributed by atoms with Gasteiger partial charge in [-0.1, -0.05) is 19.8 Å². The second-order valence-corrected chi connectivity index (χ2v) is 9.25. The zero-order chi connectivity index (χ0) is 20.5. The summed E-state index contributed by atoms with van der Waals surface area (Å²) in [5.41, 5.74) is 0. The largest absolute Gasteiger partial charge is 0.522 e. The molecule has 0 aromatic rings. The van der Waals surface area contributed by atoms with Crippen molar-refractivity contribution in [3.05, 3.63) is 0 Å². The van der Waals surface area contributed by atoms with Crippen molar-refractivity contribution in [2.45, 2.75) is 95.9 Å². The lowest BCUT2D eigenvalue weighted by Gasteiger charge is -2.41. The fourth-order valence-corrected chi connectivity index (χ4v) is 5.62. The predicted molar refractivity (Wildman–Crippen MR) is 95.0 cm³/mol. The molecule has 3 fully saturated rings. The van der Waals surface area contributed by atoms with Crippen LogP contribution in [0.25, 0.3) is 0 Å². The van der Waals surface area contributed by atoms with Crippen molar-refractivity contribution in [2.75, 3.05) is 0 Å². The van der Waals surface area contributed by atoms with Crippen molar-refractivity contribution in [1.29, 1.82) is 0 Å². The molecule has 0 heterocycles. The number of ether oxygens (including phenoxy) is 1. The first kappa shape index (κ1) is 22.0. The van der Waals surface area contributed by atoms with E-state index in [1.165, 1.54) is 0 Å². The number of carbonyl (C=O) groups is 1. The lowest BCUT2D eigenvalue weighted by atomic mass is 9.66. The van der Waals surface area contributed by atoms with Crippen molar-refractivity contribution >= 4 is 5.78 Å². The Morgan fingerprint density at radius 3 is 1.86 bits per heavy atom. The van der Waals surface area contributed by atoms with Gasteiger partial charge in [0.25, 0.3) is 0 Å². The standard InChI is InChI=1S/C21H31F5O2/c1-12-2-4-13(5-3-12)15-10-17(22)19(18(23)11-15)20(27)14-6-8-16(9-7-14)28-21(24,25)26/h12-19H,2-11H2,1H3. The summed E-state index contributed by atoms with van der Waals surface area (Å²) in [7, 11) is 0. The molecule has 0 bridgehead atoms. The van der Waals surface area contributed by atoms with Gasteiger partial charge in [0, 0.05) is 5.92 Å². The van der Waals surface area contributed by atoms with E-state index in [1.807, 2.05) is 0 Å². The van der Waals surface area contributed by atoms with Gasteiger partial charge in [-0.2, -0.15) is 0 Å². The molecular formula is C21H31F5O2. The lowest BCUT2D eigenvalue weighted by molar-refractivity contribution is -0.345. The maximum absolute atomic E-state index is 14.9. The molecule has 3 aliphatic carbocycles. The van der Waals surface area contributed by atoms with Crippen LogP contribution >= 0.6 is 0 Å². The number of hydrogen-bond donors (Lipinski definition) is 0. The van der Waals surface area contributed by atoms with Crippen LogP contribution in [0, 0.1) is 29.6 Å². The molecule has 3 aliphatic rings. The number of rotatable bonds is 4. The van der Waals surface area contributed by atoms with Crippen LogP contribution in [-0.2, 0) is 9.53 Å². The minimum absolute atomic E-state index is 0.00234. The third-order valence-electron chi connectivity index (χ3n) is 7.27. The van der Waals surface area contributed by atoms with E-state index in [2.05, 4.69) is 11.7 Å². The first-order valence-electron chi connectivity index (χ1n) is 10.7. The second kappa shape index (κ2) is 8.97. The molecule has 2 atom stereocenters. The molecule has 2 unspecified atom stereocenters. The summed E-state index contributed by atoms with van der Waals surface area (Å²) in [6.07, 6.45) is -3.32. The highest BCUT2D eigenvalue weighted by Crippen LogP contribution is 2.45. The van der Waals surface area contributed by atoms with Crippen LogP contribution in [0.2, 0.25) is 0 Å². The molecule has 0 spiro atoms. The van der Waals surface area contributed by atoms with Gasteiger partial charge in [0.05, 0.1) is 12.0 Å². The Kier molecular flexibility index (Phi) is 7.04. The average Bonchev–Trinajstić information content (AvgIpc) is 2.61. The topological polar surface area (TPSA) is 26.3 Å². The molecule has 0 aromatic carbocycles. The van der Waals surface area contributed by atoms with E-state index in [1.54, 1.807) is 0 Å². The number of alkyl halides is 5. The predicted octanol–water partition coefficient (Wildman–Crippen LogP) is 6.18. The smallest absolute Gasteiger partial charge is 0.299 e. The maximum Gasteiger partial charge on any atom is 0.522 e. The molecule has 0 aromatic heterocycles. The van der Waals surface area contributed by atoms with E-state index in [-0.39, 0.29) is 44.4 Å². The molecule has 0 N–H and O–H groups in total. The van der Waals surface area contributed by atoms with Crippen molar-refractivity contribution in [1.82, 2.24) is 0 Å². The fourth-order valence-electron chi connectivity index (χ4n) is 5.62. The summed E-state index contributed by atoms with van der Waals surface area (Å²) in [5, 5.41) is 0. The molecule has 0 amide bonds. The van der Waals surface area contributed by atoms with Gasteiger partial charge in [0.1, 0.15) is 18.1 Å². The summed E-state index contributed by atoms with van der Waals surface area (Å²) in [4.78, 5) is 12.7. The van der Waals surface area contributed by atoms with E-state index in [9.17, 15) is 26.7 Å². The number of Topliss-reactive ketones (excluding diaryl/α,β-unsaturated/α-hetero) is 1. The highest BCUT2D eigenvalue weighted by atomic mass is 19.4. The van der Waals surface area contributed by atoms with Crippen molar-refractivity contribution < 1.29 is 31.5 Å². The maximum atomic E-state index is 14.9. The molecule has 3 saturated carbocycles. The Bertz CT molecular complexity index is 509. The molecule has 0 saturated heterocycles. The van der Waals surface area contributed by atoms with Crippen molar-refractivity contribution in [3.8, 4) is 0 Å². The first-order valence-corrected chi connectivity index (χ1v) is 10.7. The van der Waals surface area contributed by atoms with Gasteiger partial charge in [-0.25, -0.2) is 8.78 Å². The Morgan fingerprint density at radius 1 is 0.821 bits per heavy atom. The quantitative estimate of drug-likeness (QED) is 0.518. The Hall–Kier alpha value is -0.720. The Morgan fingerprint density at radius 2 is 1.36 bits per heavy atom. The normalized spacial score (nSPS) is 42.9. The lowest BCUT2D eigenvalue weighted by Crippen LogP contribution is -2.45. The highest BCUT2D eigenvalue weighted by molar-refractivity contribution is 5.84. The minimum atomic E-state index is -4.69. The third kappa shape index (κ3) is 5.45. The summed E-state index contributed by atoms with van der Waals surface area (Å²) >= 11 is 0. The number of ketones is 1. The molecule has 7 heteroatoms. The van der Waals surface area contributed by atoms with E-state index < -0.39 is 42.4 Å². The van der Waals surface area contributed by atoms with E-state index in [0.29, 0.717) is 11.8 Å². The molecule has 0 aliphatic heterocycles. The van der Waals surface area contributed by atoms with Gasteiger partial charge < -0.3 is 0 Å². The monoisotopic (exact) mass is 410 g/mol. The van der Waals surface area contributed by atoms with Gasteiger partial charge in [0.2, 0.25) is 0 Å². The molecule has 2 nitrogen and oxygen atoms in total. The first-order chi connectivity index (χ1) is 13.1. The van der Waals surface area contributed by atoms with E-state index in [0.717, 1.165) is 25.7 Å². The Balaban J connectivity index is 1.52. The van der Waals surface area contributed by atoms with Crippen LogP contribution in [0.1, 0.15) is 71.1 Å².